The number of fused-ring (bicyclic) bond motifs is 1. The van der Waals surface area contributed by atoms with Crippen molar-refractivity contribution in [1.29, 1.82) is 0 Å². The van der Waals surface area contributed by atoms with E-state index in [9.17, 15) is 27.9 Å². The number of rotatable bonds is 8. The number of nitrogens with one attached hydrogen (secondary N) is 1. The van der Waals surface area contributed by atoms with Gasteiger partial charge in [-0.1, -0.05) is 38.3 Å². The van der Waals surface area contributed by atoms with Crippen molar-refractivity contribution in [2.45, 2.75) is 103 Å². The molecule has 4 atom stereocenters. The summed E-state index contributed by atoms with van der Waals surface area (Å²) in [4.78, 5) is 31.1. The summed E-state index contributed by atoms with van der Waals surface area (Å²) in [5.41, 5.74) is 0.928. The second-order valence-electron chi connectivity index (χ2n) is 13.7. The number of carbonyl (C=O) groups excluding carboxylic acids is 2. The topological polar surface area (TPSA) is 91.3 Å². The third kappa shape index (κ3) is 10.7. The molecule has 0 spiro atoms. The molecule has 11 heteroatoms. The molecule has 1 aliphatic carbocycles. The van der Waals surface area contributed by atoms with Crippen LogP contribution in [0.3, 0.4) is 0 Å². The molecule has 0 radical (unpaired) electrons. The molecule has 4 rings (SSSR count). The first-order valence-corrected chi connectivity index (χ1v) is 17.3. The maximum absolute atomic E-state index is 14.4. The lowest BCUT2D eigenvalue weighted by Gasteiger charge is -2.36. The summed E-state index contributed by atoms with van der Waals surface area (Å²) in [6.07, 6.45) is 2.51. The number of halogens is 3. The van der Waals surface area contributed by atoms with Crippen LogP contribution >= 0.6 is 0 Å². The molecule has 266 valence electrons. The van der Waals surface area contributed by atoms with Gasteiger partial charge in [0, 0.05) is 43.8 Å². The van der Waals surface area contributed by atoms with Crippen LogP contribution in [0.5, 0.6) is 5.75 Å². The van der Waals surface area contributed by atoms with E-state index in [2.05, 4.69) is 5.32 Å². The minimum atomic E-state index is -4.39. The number of anilines is 1. The fourth-order valence-electron chi connectivity index (χ4n) is 6.55. The second kappa shape index (κ2) is 17.5. The van der Waals surface area contributed by atoms with E-state index < -0.39 is 17.8 Å². The molecule has 8 nitrogen and oxygen atoms in total. The SMILES string of the molecule is C[C@@H]1CCCCO[C@@H](CN(C)Cc2ccc(C(F)(F)F)cc2)[C@H](C)CN([C@H](C)CO)C(=O)c2cc(NC(=O)C3CCCCC3)ccc2O1. The monoisotopic (exact) mass is 675 g/mol. The lowest BCUT2D eigenvalue weighted by atomic mass is 9.88. The van der Waals surface area contributed by atoms with E-state index in [4.69, 9.17) is 9.47 Å². The number of hydrogen-bond acceptors (Lipinski definition) is 6. The summed E-state index contributed by atoms with van der Waals surface area (Å²) in [7, 11) is 1.90. The Balaban J connectivity index is 1.56. The Morgan fingerprint density at radius 3 is 2.40 bits per heavy atom. The van der Waals surface area contributed by atoms with Crippen molar-refractivity contribution in [3.05, 3.63) is 59.2 Å². The van der Waals surface area contributed by atoms with E-state index in [1.165, 1.54) is 12.1 Å². The number of ether oxygens (including phenoxy) is 2. The van der Waals surface area contributed by atoms with Crippen LogP contribution < -0.4 is 10.1 Å². The van der Waals surface area contributed by atoms with Crippen LogP contribution in [0.4, 0.5) is 18.9 Å². The molecule has 1 heterocycles. The minimum Gasteiger partial charge on any atom is -0.490 e. The van der Waals surface area contributed by atoms with Crippen LogP contribution in [0.1, 0.15) is 93.6 Å². The quantitative estimate of drug-likeness (QED) is 0.309. The molecule has 2 N–H and O–H groups in total. The first-order valence-electron chi connectivity index (χ1n) is 17.3. The maximum atomic E-state index is 14.4. The number of nitrogens with zero attached hydrogens (tertiary/aromatic N) is 2. The van der Waals surface area contributed by atoms with Crippen LogP contribution in [0, 0.1) is 11.8 Å². The fraction of sp³-hybridized carbons (Fsp3) is 0.622. The van der Waals surface area contributed by atoms with Gasteiger partial charge in [0.2, 0.25) is 5.91 Å². The Labute approximate surface area is 283 Å². The molecule has 0 saturated heterocycles. The van der Waals surface area contributed by atoms with Crippen molar-refractivity contribution in [1.82, 2.24) is 9.80 Å². The van der Waals surface area contributed by atoms with Gasteiger partial charge < -0.3 is 24.8 Å². The molecule has 1 fully saturated rings. The summed E-state index contributed by atoms with van der Waals surface area (Å²) >= 11 is 0. The predicted octanol–water partition coefficient (Wildman–Crippen LogP) is 7.15. The lowest BCUT2D eigenvalue weighted by Crippen LogP contribution is -2.47. The molecule has 1 saturated carbocycles. The van der Waals surface area contributed by atoms with Gasteiger partial charge in [0.1, 0.15) is 5.75 Å². The number of aliphatic hydroxyl groups excluding tert-OH is 1. The first-order chi connectivity index (χ1) is 22.8. The van der Waals surface area contributed by atoms with Gasteiger partial charge in [-0.15, -0.1) is 0 Å². The lowest BCUT2D eigenvalue weighted by molar-refractivity contribution is -0.137. The van der Waals surface area contributed by atoms with E-state index in [0.717, 1.165) is 69.1 Å². The average Bonchev–Trinajstić information content (AvgIpc) is 3.06. The Bertz CT molecular complexity index is 1330. The number of aliphatic hydroxyl groups is 1. The van der Waals surface area contributed by atoms with E-state index >= 15 is 0 Å². The van der Waals surface area contributed by atoms with Crippen molar-refractivity contribution >= 4 is 17.5 Å². The zero-order chi connectivity index (χ0) is 34.8. The van der Waals surface area contributed by atoms with Crippen molar-refractivity contribution in [3.63, 3.8) is 0 Å². The number of carbonyl (C=O) groups is 2. The van der Waals surface area contributed by atoms with Crippen LogP contribution in [-0.4, -0.2) is 78.3 Å². The largest absolute Gasteiger partial charge is 0.490 e. The zero-order valence-corrected chi connectivity index (χ0v) is 28.7. The molecule has 0 unspecified atom stereocenters. The highest BCUT2D eigenvalue weighted by atomic mass is 19.4. The number of benzene rings is 2. The summed E-state index contributed by atoms with van der Waals surface area (Å²) < 4.78 is 51.9. The molecule has 2 aromatic carbocycles. The number of likely N-dealkylation sites (N-methyl/N-ethyl adjacent to an activating group) is 1. The normalized spacial score (nSPS) is 22.8. The van der Waals surface area contributed by atoms with Gasteiger partial charge in [0.25, 0.3) is 5.91 Å². The predicted molar refractivity (Wildman–Crippen MR) is 180 cm³/mol. The molecule has 2 aromatic rings. The fourth-order valence-corrected chi connectivity index (χ4v) is 6.55. The minimum absolute atomic E-state index is 0.0353. The smallest absolute Gasteiger partial charge is 0.416 e. The van der Waals surface area contributed by atoms with Gasteiger partial charge in [-0.3, -0.25) is 14.5 Å². The first kappa shape index (κ1) is 37.7. The Morgan fingerprint density at radius 2 is 1.73 bits per heavy atom. The van der Waals surface area contributed by atoms with Crippen LogP contribution in [-0.2, 0) is 22.3 Å². The van der Waals surface area contributed by atoms with Crippen molar-refractivity contribution in [2.75, 3.05) is 38.7 Å². The van der Waals surface area contributed by atoms with E-state index in [1.54, 1.807) is 30.0 Å². The Hall–Kier alpha value is -3.15. The second-order valence-corrected chi connectivity index (χ2v) is 13.7. The Morgan fingerprint density at radius 1 is 1.04 bits per heavy atom. The van der Waals surface area contributed by atoms with Gasteiger partial charge in [0.05, 0.1) is 36.0 Å². The van der Waals surface area contributed by atoms with Gasteiger partial charge in [-0.2, -0.15) is 13.2 Å². The molecular weight excluding hydrogens is 623 g/mol. The number of hydrogen-bond donors (Lipinski definition) is 2. The van der Waals surface area contributed by atoms with Gasteiger partial charge in [-0.05, 0) is 88.9 Å². The molecule has 48 heavy (non-hydrogen) atoms. The summed E-state index contributed by atoms with van der Waals surface area (Å²) in [6.45, 7) is 7.24. The summed E-state index contributed by atoms with van der Waals surface area (Å²) in [6, 6.07) is 9.88. The highest BCUT2D eigenvalue weighted by molar-refractivity contribution is 6.00. The number of amides is 2. The van der Waals surface area contributed by atoms with Crippen LogP contribution in [0.2, 0.25) is 0 Å². The standard InChI is InChI=1S/C37H52F3N3O5/c1-25-21-43(26(2)24-44)36(46)32-20-31(41-35(45)29-11-6-5-7-12-29)17-18-33(32)48-27(3)10-8-9-19-47-34(25)23-42(4)22-28-13-15-30(16-14-28)37(38,39)40/h13-18,20,25-27,29,34,44H,5-12,19,21-24H2,1-4H3,(H,41,45)/t25-,26-,27-,34+/m1/s1. The maximum Gasteiger partial charge on any atom is 0.416 e. The zero-order valence-electron chi connectivity index (χ0n) is 28.7. The molecule has 2 amide bonds. The highest BCUT2D eigenvalue weighted by Crippen LogP contribution is 2.31. The summed E-state index contributed by atoms with van der Waals surface area (Å²) in [5, 5.41) is 13.3. The highest BCUT2D eigenvalue weighted by Gasteiger charge is 2.32. The van der Waals surface area contributed by atoms with Crippen LogP contribution in [0.25, 0.3) is 0 Å². The third-order valence-corrected chi connectivity index (χ3v) is 9.52. The van der Waals surface area contributed by atoms with Crippen molar-refractivity contribution < 1.29 is 37.3 Å². The molecule has 0 bridgehead atoms. The van der Waals surface area contributed by atoms with Gasteiger partial charge in [-0.25, -0.2) is 0 Å². The Kier molecular flexibility index (Phi) is 13.7. The number of alkyl halides is 3. The average molecular weight is 676 g/mol. The van der Waals surface area contributed by atoms with Gasteiger partial charge in [0.15, 0.2) is 0 Å². The van der Waals surface area contributed by atoms with Crippen LogP contribution in [0.15, 0.2) is 42.5 Å². The van der Waals surface area contributed by atoms with E-state index in [0.29, 0.717) is 36.7 Å². The van der Waals surface area contributed by atoms with Gasteiger partial charge >= 0.3 is 6.18 Å². The van der Waals surface area contributed by atoms with E-state index in [1.807, 2.05) is 25.8 Å². The van der Waals surface area contributed by atoms with Crippen molar-refractivity contribution in [2.24, 2.45) is 11.8 Å². The third-order valence-electron chi connectivity index (χ3n) is 9.52. The summed E-state index contributed by atoms with van der Waals surface area (Å²) in [5.74, 6) is -0.105. The molecule has 2 aliphatic rings. The van der Waals surface area contributed by atoms with Crippen molar-refractivity contribution in [3.8, 4) is 5.75 Å². The van der Waals surface area contributed by atoms with E-state index in [-0.39, 0.29) is 49.0 Å². The molecular formula is C37H52F3N3O5. The molecule has 0 aromatic heterocycles. The molecule has 1 aliphatic heterocycles.